The molecule has 0 bridgehead atoms. The molecule has 0 amide bonds. The third-order valence-corrected chi connectivity index (χ3v) is 2.32. The van der Waals surface area contributed by atoms with Crippen molar-refractivity contribution in [2.75, 3.05) is 13.7 Å². The van der Waals surface area contributed by atoms with E-state index in [0.29, 0.717) is 0 Å². The minimum atomic E-state index is -2.81. The number of carbonyl (C=O) groups excluding carboxylic acids is 1. The quantitative estimate of drug-likeness (QED) is 0.614. The summed E-state index contributed by atoms with van der Waals surface area (Å²) in [6, 6.07) is 1.18. The summed E-state index contributed by atoms with van der Waals surface area (Å²) in [5.74, 6) is -0.736. The molecule has 0 saturated heterocycles. The Labute approximate surface area is 108 Å². The van der Waals surface area contributed by atoms with Crippen LogP contribution >= 0.6 is 11.6 Å². The Balaban J connectivity index is 3.15. The van der Waals surface area contributed by atoms with Gasteiger partial charge in [0, 0.05) is 6.07 Å². The van der Waals surface area contributed by atoms with Gasteiger partial charge in [0.25, 0.3) is 6.43 Å². The Hall–Kier alpha value is -1.43. The normalized spacial score (nSPS) is 10.6. The predicted molar refractivity (Wildman–Crippen MR) is 61.1 cm³/mol. The Morgan fingerprint density at radius 2 is 2.22 bits per heavy atom. The van der Waals surface area contributed by atoms with Gasteiger partial charge < -0.3 is 9.47 Å². The predicted octanol–water partition coefficient (Wildman–Crippen LogP) is 2.79. The summed E-state index contributed by atoms with van der Waals surface area (Å²) in [6.07, 6.45) is -3.18. The van der Waals surface area contributed by atoms with Crippen LogP contribution in [0.15, 0.2) is 6.07 Å². The van der Waals surface area contributed by atoms with Crippen LogP contribution in [0.5, 0.6) is 5.75 Å². The molecule has 4 nitrogen and oxygen atoms in total. The number of halogens is 3. The van der Waals surface area contributed by atoms with Gasteiger partial charge >= 0.3 is 5.97 Å². The molecule has 0 aromatic carbocycles. The van der Waals surface area contributed by atoms with E-state index in [1.54, 1.807) is 6.92 Å². The fourth-order valence-electron chi connectivity index (χ4n) is 1.44. The van der Waals surface area contributed by atoms with E-state index < -0.39 is 18.0 Å². The minimum Gasteiger partial charge on any atom is -0.496 e. The molecule has 0 atom stereocenters. The van der Waals surface area contributed by atoms with E-state index in [1.807, 2.05) is 0 Å². The first kappa shape index (κ1) is 14.6. The highest BCUT2D eigenvalue weighted by atomic mass is 35.5. The summed E-state index contributed by atoms with van der Waals surface area (Å²) < 4.78 is 35.4. The largest absolute Gasteiger partial charge is 0.496 e. The van der Waals surface area contributed by atoms with Gasteiger partial charge in [0.15, 0.2) is 0 Å². The summed E-state index contributed by atoms with van der Waals surface area (Å²) >= 11 is 5.68. The smallest absolute Gasteiger partial charge is 0.311 e. The van der Waals surface area contributed by atoms with Crippen molar-refractivity contribution in [3.63, 3.8) is 0 Å². The zero-order chi connectivity index (χ0) is 13.7. The van der Waals surface area contributed by atoms with E-state index in [4.69, 9.17) is 16.3 Å². The Bertz CT molecular complexity index is 441. The second-order valence-corrected chi connectivity index (χ2v) is 3.68. The van der Waals surface area contributed by atoms with Gasteiger partial charge in [0.2, 0.25) is 0 Å². The average molecular weight is 280 g/mol. The Morgan fingerprint density at radius 1 is 1.56 bits per heavy atom. The lowest BCUT2D eigenvalue weighted by Crippen LogP contribution is -2.12. The van der Waals surface area contributed by atoms with Gasteiger partial charge in [-0.3, -0.25) is 4.79 Å². The van der Waals surface area contributed by atoms with Crippen molar-refractivity contribution in [2.45, 2.75) is 19.8 Å². The molecule has 1 aromatic heterocycles. The van der Waals surface area contributed by atoms with Crippen LogP contribution in [0.4, 0.5) is 8.78 Å². The zero-order valence-electron chi connectivity index (χ0n) is 9.87. The Morgan fingerprint density at radius 3 is 2.72 bits per heavy atom. The van der Waals surface area contributed by atoms with Crippen molar-refractivity contribution in [3.05, 3.63) is 22.5 Å². The summed E-state index contributed by atoms with van der Waals surface area (Å²) in [5.41, 5.74) is -0.567. The SMILES string of the molecule is CCOC(=O)Cc1nc(Cl)cc(OC)c1C(F)F. The number of alkyl halides is 2. The molecule has 0 aliphatic heterocycles. The number of pyridine rings is 1. The number of esters is 1. The van der Waals surface area contributed by atoms with E-state index >= 15 is 0 Å². The van der Waals surface area contributed by atoms with Crippen molar-refractivity contribution in [1.82, 2.24) is 4.98 Å². The van der Waals surface area contributed by atoms with Gasteiger partial charge in [0.1, 0.15) is 10.9 Å². The van der Waals surface area contributed by atoms with Crippen LogP contribution in [-0.2, 0) is 16.0 Å². The second kappa shape index (κ2) is 6.49. The van der Waals surface area contributed by atoms with Crippen molar-refractivity contribution < 1.29 is 23.0 Å². The number of ether oxygens (including phenoxy) is 2. The monoisotopic (exact) mass is 279 g/mol. The summed E-state index contributed by atoms with van der Waals surface area (Å²) in [6.45, 7) is 1.79. The van der Waals surface area contributed by atoms with E-state index in [0.717, 1.165) is 0 Å². The lowest BCUT2D eigenvalue weighted by Gasteiger charge is -2.12. The summed E-state index contributed by atoms with van der Waals surface area (Å²) in [7, 11) is 1.24. The number of hydrogen-bond acceptors (Lipinski definition) is 4. The molecule has 1 rings (SSSR count). The third-order valence-electron chi connectivity index (χ3n) is 2.12. The first-order valence-corrected chi connectivity index (χ1v) is 5.54. The number of methoxy groups -OCH3 is 1. The Kier molecular flexibility index (Phi) is 5.27. The second-order valence-electron chi connectivity index (χ2n) is 3.29. The molecule has 0 radical (unpaired) electrons. The molecule has 100 valence electrons. The first-order valence-electron chi connectivity index (χ1n) is 5.16. The highest BCUT2D eigenvalue weighted by Crippen LogP contribution is 2.33. The van der Waals surface area contributed by atoms with Crippen LogP contribution in [-0.4, -0.2) is 24.7 Å². The summed E-state index contributed by atoms with van der Waals surface area (Å²) in [4.78, 5) is 15.0. The molecule has 0 aliphatic rings. The number of rotatable bonds is 5. The van der Waals surface area contributed by atoms with Crippen molar-refractivity contribution in [3.8, 4) is 5.75 Å². The molecule has 1 aromatic rings. The molecular formula is C11H12ClF2NO3. The van der Waals surface area contributed by atoms with Gasteiger partial charge in [-0.05, 0) is 6.92 Å². The molecule has 0 N–H and O–H groups in total. The number of hydrogen-bond donors (Lipinski definition) is 0. The van der Waals surface area contributed by atoms with Crippen molar-refractivity contribution >= 4 is 17.6 Å². The third kappa shape index (κ3) is 3.53. The molecule has 0 unspecified atom stereocenters. The van der Waals surface area contributed by atoms with Crippen LogP contribution in [0.1, 0.15) is 24.6 Å². The van der Waals surface area contributed by atoms with Crippen LogP contribution in [0.3, 0.4) is 0 Å². The van der Waals surface area contributed by atoms with Gasteiger partial charge in [-0.2, -0.15) is 0 Å². The zero-order valence-corrected chi connectivity index (χ0v) is 10.6. The molecule has 0 spiro atoms. The molecule has 0 fully saturated rings. The van der Waals surface area contributed by atoms with Gasteiger partial charge in [-0.15, -0.1) is 0 Å². The van der Waals surface area contributed by atoms with Crippen molar-refractivity contribution in [1.29, 1.82) is 0 Å². The standard InChI is InChI=1S/C11H12ClF2NO3/c1-3-18-9(16)4-6-10(11(13)14)7(17-2)5-8(12)15-6/h5,11H,3-4H2,1-2H3. The first-order chi connectivity index (χ1) is 8.49. The lowest BCUT2D eigenvalue weighted by molar-refractivity contribution is -0.142. The maximum Gasteiger partial charge on any atom is 0.311 e. The van der Waals surface area contributed by atoms with Crippen LogP contribution < -0.4 is 4.74 Å². The van der Waals surface area contributed by atoms with Crippen LogP contribution in [0.2, 0.25) is 5.15 Å². The molecule has 0 aliphatic carbocycles. The maximum absolute atomic E-state index is 12.9. The maximum atomic E-state index is 12.9. The summed E-state index contributed by atoms with van der Waals surface area (Å²) in [5, 5.41) is -0.0180. The van der Waals surface area contributed by atoms with Crippen molar-refractivity contribution in [2.24, 2.45) is 0 Å². The number of nitrogens with zero attached hydrogens (tertiary/aromatic N) is 1. The topological polar surface area (TPSA) is 48.4 Å². The average Bonchev–Trinajstić information content (AvgIpc) is 2.27. The van der Waals surface area contributed by atoms with E-state index in [1.165, 1.54) is 13.2 Å². The van der Waals surface area contributed by atoms with E-state index in [2.05, 4.69) is 9.72 Å². The van der Waals surface area contributed by atoms with Gasteiger partial charge in [-0.1, -0.05) is 11.6 Å². The number of aromatic nitrogens is 1. The van der Waals surface area contributed by atoms with Crippen LogP contribution in [0, 0.1) is 0 Å². The van der Waals surface area contributed by atoms with E-state index in [9.17, 15) is 13.6 Å². The van der Waals surface area contributed by atoms with E-state index in [-0.39, 0.29) is 29.6 Å². The van der Waals surface area contributed by atoms with Crippen LogP contribution in [0.25, 0.3) is 0 Å². The molecule has 18 heavy (non-hydrogen) atoms. The molecular weight excluding hydrogens is 268 g/mol. The molecule has 1 heterocycles. The fraction of sp³-hybridized carbons (Fsp3) is 0.455. The minimum absolute atomic E-state index is 0.0180. The molecule has 7 heteroatoms. The number of carbonyl (C=O) groups is 1. The fourth-order valence-corrected chi connectivity index (χ4v) is 1.64. The highest BCUT2D eigenvalue weighted by molar-refractivity contribution is 6.29. The van der Waals surface area contributed by atoms with Gasteiger partial charge in [-0.25, -0.2) is 13.8 Å². The van der Waals surface area contributed by atoms with Gasteiger partial charge in [0.05, 0.1) is 31.4 Å². The lowest BCUT2D eigenvalue weighted by atomic mass is 10.1. The highest BCUT2D eigenvalue weighted by Gasteiger charge is 2.23. The molecule has 0 saturated carbocycles.